The maximum atomic E-state index is 12.0. The fourth-order valence-electron chi connectivity index (χ4n) is 1.95. The summed E-state index contributed by atoms with van der Waals surface area (Å²) in [5, 5.41) is 20.3. The van der Waals surface area contributed by atoms with Gasteiger partial charge in [0.15, 0.2) is 10.8 Å². The third-order valence-electron chi connectivity index (χ3n) is 3.04. The highest BCUT2D eigenvalue weighted by Gasteiger charge is 2.56. The van der Waals surface area contributed by atoms with Crippen molar-refractivity contribution in [2.75, 3.05) is 0 Å². The fraction of sp³-hybridized carbons (Fsp3) is 0.154. The molecule has 2 atom stereocenters. The van der Waals surface area contributed by atoms with Gasteiger partial charge in [0.1, 0.15) is 11.0 Å². The molecule has 1 aromatic rings. The van der Waals surface area contributed by atoms with Crippen molar-refractivity contribution in [2.24, 2.45) is 17.1 Å². The third-order valence-corrected chi connectivity index (χ3v) is 5.14. The summed E-state index contributed by atoms with van der Waals surface area (Å²) in [5.74, 6) is -2.82. The summed E-state index contributed by atoms with van der Waals surface area (Å²) >= 11 is 19.3. The zero-order chi connectivity index (χ0) is 16.5. The molecule has 1 amide bonds. The Morgan fingerprint density at radius 3 is 2.50 bits per heavy atom. The molecule has 2 rings (SSSR count). The van der Waals surface area contributed by atoms with Gasteiger partial charge >= 0.3 is 0 Å². The number of ether oxygens (including phenoxy) is 1. The minimum absolute atomic E-state index is 0.159. The van der Waals surface area contributed by atoms with Crippen LogP contribution < -0.4 is 10.5 Å². The lowest BCUT2D eigenvalue weighted by Crippen LogP contribution is -2.47. The van der Waals surface area contributed by atoms with E-state index in [1.807, 2.05) is 0 Å². The van der Waals surface area contributed by atoms with Crippen molar-refractivity contribution in [3.63, 3.8) is 0 Å². The predicted molar refractivity (Wildman–Crippen MR) is 82.9 cm³/mol. The fourth-order valence-corrected chi connectivity index (χ4v) is 3.37. The smallest absolute Gasteiger partial charge is 0.247 e. The number of nitriles is 2. The van der Waals surface area contributed by atoms with Gasteiger partial charge in [-0.1, -0.05) is 34.8 Å². The summed E-state index contributed by atoms with van der Waals surface area (Å²) < 4.78 is 5.54. The van der Waals surface area contributed by atoms with E-state index in [9.17, 15) is 15.3 Å². The minimum Gasteiger partial charge on any atom is -0.447 e. The number of hydrogen-bond acceptors (Lipinski definition) is 5. The lowest BCUT2D eigenvalue weighted by molar-refractivity contribution is -0.125. The van der Waals surface area contributed by atoms with Gasteiger partial charge in [-0.25, -0.2) is 0 Å². The van der Waals surface area contributed by atoms with Gasteiger partial charge in [0.2, 0.25) is 11.3 Å². The van der Waals surface area contributed by atoms with E-state index < -0.39 is 17.2 Å². The van der Waals surface area contributed by atoms with Crippen LogP contribution in [0.25, 0.3) is 0 Å². The first-order chi connectivity index (χ1) is 10.4. The van der Waals surface area contributed by atoms with E-state index in [2.05, 4.69) is 0 Å². The Bertz CT molecular complexity index is 773. The highest BCUT2D eigenvalue weighted by Crippen LogP contribution is 2.51. The quantitative estimate of drug-likeness (QED) is 0.876. The van der Waals surface area contributed by atoms with Crippen LogP contribution in [0, 0.1) is 34.0 Å². The Balaban J connectivity index is 2.74. The molecule has 0 fully saturated rings. The van der Waals surface area contributed by atoms with Crippen molar-refractivity contribution >= 4 is 52.0 Å². The first-order valence-electron chi connectivity index (χ1n) is 5.68. The second-order valence-corrected chi connectivity index (χ2v) is 6.26. The molecule has 9 heteroatoms. The van der Waals surface area contributed by atoms with E-state index in [0.717, 1.165) is 0 Å². The Labute approximate surface area is 144 Å². The zero-order valence-electron chi connectivity index (χ0n) is 10.6. The summed E-state index contributed by atoms with van der Waals surface area (Å²) in [6, 6.07) is 6.79. The van der Waals surface area contributed by atoms with Crippen LogP contribution >= 0.6 is 46.1 Å². The van der Waals surface area contributed by atoms with Gasteiger partial charge in [-0.15, -0.1) is 11.3 Å². The summed E-state index contributed by atoms with van der Waals surface area (Å²) in [6.07, 6.45) is 0. The molecule has 0 radical (unpaired) electrons. The van der Waals surface area contributed by atoms with E-state index in [4.69, 9.17) is 45.3 Å². The molecule has 1 aromatic heterocycles. The van der Waals surface area contributed by atoms with Crippen LogP contribution in [0.15, 0.2) is 38.4 Å². The second kappa shape index (κ2) is 6.20. The SMILES string of the molecule is N#CC1C(Cl)=C(Cl)C(Cl)=C(Oc2cccs2)C1(C#N)C(N)=O. The molecule has 5 nitrogen and oxygen atoms in total. The van der Waals surface area contributed by atoms with Crippen molar-refractivity contribution in [2.45, 2.75) is 0 Å². The lowest BCUT2D eigenvalue weighted by atomic mass is 9.72. The normalized spacial score (nSPS) is 24.7. The van der Waals surface area contributed by atoms with Gasteiger partial charge in [0.25, 0.3) is 0 Å². The Morgan fingerprint density at radius 2 is 2.05 bits per heavy atom. The van der Waals surface area contributed by atoms with E-state index in [-0.39, 0.29) is 20.9 Å². The molecule has 1 heterocycles. The molecule has 0 spiro atoms. The number of halogens is 3. The molecule has 0 saturated heterocycles. The van der Waals surface area contributed by atoms with Crippen LogP contribution in [-0.2, 0) is 4.79 Å². The molecule has 0 aromatic carbocycles. The molecule has 1 aliphatic rings. The molecule has 2 unspecified atom stereocenters. The topological polar surface area (TPSA) is 99.9 Å². The van der Waals surface area contributed by atoms with Gasteiger partial charge in [-0.05, 0) is 17.5 Å². The highest BCUT2D eigenvalue weighted by atomic mass is 35.5. The summed E-state index contributed by atoms with van der Waals surface area (Å²) in [6.45, 7) is 0. The van der Waals surface area contributed by atoms with E-state index in [1.165, 1.54) is 11.3 Å². The van der Waals surface area contributed by atoms with Crippen molar-refractivity contribution in [3.05, 3.63) is 38.4 Å². The number of allylic oxidation sites excluding steroid dienone is 3. The van der Waals surface area contributed by atoms with Crippen molar-refractivity contribution in [1.29, 1.82) is 10.5 Å². The highest BCUT2D eigenvalue weighted by molar-refractivity contribution is 7.11. The van der Waals surface area contributed by atoms with Crippen molar-refractivity contribution < 1.29 is 9.53 Å². The third kappa shape index (κ3) is 2.35. The monoisotopic (exact) mass is 373 g/mol. The number of carbonyl (C=O) groups is 1. The largest absolute Gasteiger partial charge is 0.447 e. The van der Waals surface area contributed by atoms with Crippen LogP contribution in [0.4, 0.5) is 0 Å². The Morgan fingerprint density at radius 1 is 1.36 bits per heavy atom. The van der Waals surface area contributed by atoms with Crippen LogP contribution in [0.2, 0.25) is 0 Å². The van der Waals surface area contributed by atoms with Gasteiger partial charge in [0, 0.05) is 0 Å². The first kappa shape index (κ1) is 16.7. The predicted octanol–water partition coefficient (Wildman–Crippen LogP) is 3.42. The number of carbonyl (C=O) groups excluding carboxylic acids is 1. The number of nitrogens with two attached hydrogens (primary N) is 1. The van der Waals surface area contributed by atoms with Gasteiger partial charge in [-0.2, -0.15) is 10.5 Å². The van der Waals surface area contributed by atoms with E-state index in [1.54, 1.807) is 29.7 Å². The number of primary amides is 1. The van der Waals surface area contributed by atoms with Crippen molar-refractivity contribution in [3.8, 4) is 17.2 Å². The Hall–Kier alpha value is -1.70. The van der Waals surface area contributed by atoms with E-state index >= 15 is 0 Å². The van der Waals surface area contributed by atoms with E-state index in [0.29, 0.717) is 5.06 Å². The van der Waals surface area contributed by atoms with Crippen LogP contribution in [0.1, 0.15) is 0 Å². The van der Waals surface area contributed by atoms with Crippen LogP contribution in [-0.4, -0.2) is 5.91 Å². The van der Waals surface area contributed by atoms with Crippen molar-refractivity contribution in [1.82, 2.24) is 0 Å². The molecule has 0 bridgehead atoms. The summed E-state index contributed by atoms with van der Waals surface area (Å²) in [5.41, 5.74) is 3.20. The molecule has 22 heavy (non-hydrogen) atoms. The molecule has 1 aliphatic carbocycles. The molecule has 0 aliphatic heterocycles. The lowest BCUT2D eigenvalue weighted by Gasteiger charge is -2.33. The second-order valence-electron chi connectivity index (χ2n) is 4.19. The number of thiophene rings is 1. The molecular formula is C13H6Cl3N3O2S. The number of hydrogen-bond donors (Lipinski definition) is 1. The van der Waals surface area contributed by atoms with Gasteiger partial charge < -0.3 is 10.5 Å². The van der Waals surface area contributed by atoms with Gasteiger partial charge in [-0.3, -0.25) is 4.79 Å². The number of rotatable bonds is 3. The minimum atomic E-state index is -2.16. The molecule has 112 valence electrons. The summed E-state index contributed by atoms with van der Waals surface area (Å²) in [7, 11) is 0. The Kier molecular flexibility index (Phi) is 4.69. The van der Waals surface area contributed by atoms with Gasteiger partial charge in [0.05, 0.1) is 22.2 Å². The molecular weight excluding hydrogens is 369 g/mol. The maximum absolute atomic E-state index is 12.0. The average Bonchev–Trinajstić information content (AvgIpc) is 3.00. The maximum Gasteiger partial charge on any atom is 0.247 e. The van der Waals surface area contributed by atoms with Crippen LogP contribution in [0.3, 0.4) is 0 Å². The average molecular weight is 375 g/mol. The standard InChI is InChI=1S/C13H6Cl3N3O2S/c14-8-6(4-17)13(5-18,12(19)20)11(10(16)9(8)15)21-7-2-1-3-22-7/h1-3,6H,(H2,19,20). The summed E-state index contributed by atoms with van der Waals surface area (Å²) in [4.78, 5) is 12.0. The first-order valence-corrected chi connectivity index (χ1v) is 7.69. The van der Waals surface area contributed by atoms with Crippen LogP contribution in [0.5, 0.6) is 5.06 Å². The molecule has 2 N–H and O–H groups in total. The zero-order valence-corrected chi connectivity index (χ0v) is 13.7. The number of amides is 1. The molecule has 0 saturated carbocycles. The number of nitrogens with zero attached hydrogens (tertiary/aromatic N) is 2.